The number of carbonyl (C=O) groups excluding carboxylic acids is 1. The summed E-state index contributed by atoms with van der Waals surface area (Å²) in [7, 11) is 2.23. The van der Waals surface area contributed by atoms with E-state index in [0.29, 0.717) is 18.7 Å². The third-order valence-corrected chi connectivity index (χ3v) is 6.41. The Balaban J connectivity index is 0.00000225. The van der Waals surface area contributed by atoms with Crippen LogP contribution in [0.5, 0.6) is 11.5 Å². The highest BCUT2D eigenvalue weighted by Gasteiger charge is 2.35. The summed E-state index contributed by atoms with van der Waals surface area (Å²) in [6.45, 7) is 12.1. The predicted octanol–water partition coefficient (Wildman–Crippen LogP) is 1.22. The van der Waals surface area contributed by atoms with Crippen molar-refractivity contribution in [2.24, 2.45) is 0 Å². The molecule has 0 aromatic heterocycles. The van der Waals surface area contributed by atoms with E-state index >= 15 is 0 Å². The molecule has 0 spiro atoms. The number of fused-ring (bicyclic) bond motifs is 2. The SMILES string of the molecule is Cc1cccc2c1Oc1ccccc1C2C(=O)OCC[N+](C)(C(C)C)C(C)C.O.[Br-]. The van der Waals surface area contributed by atoms with Crippen LogP contribution in [0.25, 0.3) is 0 Å². The van der Waals surface area contributed by atoms with Gasteiger partial charge in [0.05, 0.1) is 19.1 Å². The number of ether oxygens (including phenoxy) is 2. The summed E-state index contributed by atoms with van der Waals surface area (Å²) < 4.78 is 12.8. The highest BCUT2D eigenvalue weighted by atomic mass is 79.9. The number of aryl methyl sites for hydroxylation is 1. The van der Waals surface area contributed by atoms with Crippen LogP contribution in [0.4, 0.5) is 0 Å². The first kappa shape index (κ1) is 26.1. The van der Waals surface area contributed by atoms with Crippen molar-refractivity contribution < 1.29 is 41.2 Å². The van der Waals surface area contributed by atoms with E-state index in [2.05, 4.69) is 34.7 Å². The number of quaternary nitrogens is 1. The van der Waals surface area contributed by atoms with Gasteiger partial charge in [0, 0.05) is 11.1 Å². The lowest BCUT2D eigenvalue weighted by Gasteiger charge is -2.42. The zero-order chi connectivity index (χ0) is 20.5. The maximum Gasteiger partial charge on any atom is 0.318 e. The van der Waals surface area contributed by atoms with Crippen molar-refractivity contribution in [2.75, 3.05) is 20.2 Å². The lowest BCUT2D eigenvalue weighted by atomic mass is 9.87. The largest absolute Gasteiger partial charge is 1.00 e. The summed E-state index contributed by atoms with van der Waals surface area (Å²) in [5.41, 5.74) is 2.78. The molecule has 0 bridgehead atoms. The van der Waals surface area contributed by atoms with Crippen LogP contribution in [0.1, 0.15) is 50.3 Å². The molecular weight excluding hydrogens is 446 g/mol. The lowest BCUT2D eigenvalue weighted by Crippen LogP contribution is -3.00. The van der Waals surface area contributed by atoms with Gasteiger partial charge in [-0.25, -0.2) is 0 Å². The van der Waals surface area contributed by atoms with E-state index in [1.807, 2.05) is 49.4 Å². The second-order valence-corrected chi connectivity index (χ2v) is 8.49. The number of halogens is 1. The fourth-order valence-corrected chi connectivity index (χ4v) is 3.92. The summed E-state index contributed by atoms with van der Waals surface area (Å²) >= 11 is 0. The normalized spacial score (nSPS) is 14.7. The molecule has 2 N–H and O–H groups in total. The highest BCUT2D eigenvalue weighted by Crippen LogP contribution is 2.45. The first-order valence-corrected chi connectivity index (χ1v) is 10.1. The third-order valence-electron chi connectivity index (χ3n) is 6.41. The number of likely N-dealkylation sites (N-methyl/N-ethyl adjacent to an activating group) is 1. The van der Waals surface area contributed by atoms with Crippen molar-refractivity contribution in [3.8, 4) is 11.5 Å². The van der Waals surface area contributed by atoms with Gasteiger partial charge in [0.1, 0.15) is 30.6 Å². The van der Waals surface area contributed by atoms with Gasteiger partial charge in [0.25, 0.3) is 0 Å². The Hall–Kier alpha value is -1.89. The summed E-state index contributed by atoms with van der Waals surface area (Å²) in [6.07, 6.45) is 0. The molecule has 0 amide bonds. The van der Waals surface area contributed by atoms with Crippen LogP contribution in [-0.2, 0) is 9.53 Å². The second kappa shape index (κ2) is 10.4. The molecule has 6 heteroatoms. The minimum Gasteiger partial charge on any atom is -1.00 e. The van der Waals surface area contributed by atoms with Crippen molar-refractivity contribution in [1.29, 1.82) is 0 Å². The Labute approximate surface area is 190 Å². The number of para-hydroxylation sites is 2. The van der Waals surface area contributed by atoms with Crippen LogP contribution in [0.2, 0.25) is 0 Å². The number of hydrogen-bond acceptors (Lipinski definition) is 3. The molecule has 166 valence electrons. The minimum absolute atomic E-state index is 0. The van der Waals surface area contributed by atoms with Crippen molar-refractivity contribution in [1.82, 2.24) is 0 Å². The Morgan fingerprint density at radius 3 is 2.27 bits per heavy atom. The van der Waals surface area contributed by atoms with Gasteiger partial charge in [-0.15, -0.1) is 0 Å². The fourth-order valence-electron chi connectivity index (χ4n) is 3.92. The number of benzene rings is 2. The van der Waals surface area contributed by atoms with Crippen LogP contribution in [0, 0.1) is 6.92 Å². The molecule has 1 atom stereocenters. The van der Waals surface area contributed by atoms with Gasteiger partial charge in [-0.05, 0) is 46.2 Å². The molecule has 1 heterocycles. The van der Waals surface area contributed by atoms with Crippen molar-refractivity contribution in [3.63, 3.8) is 0 Å². The molecule has 0 saturated carbocycles. The standard InChI is InChI=1S/C24H32NO3.BrH.H2O/c1-16(2)25(6,17(3)4)14-15-27-24(26)22-19-11-7-8-13-21(19)28-23-18(5)10-9-12-20(22)23;;/h7-13,16-17,22H,14-15H2,1-6H3;1H;1H2/q+1;;/p-1. The van der Waals surface area contributed by atoms with Crippen molar-refractivity contribution in [3.05, 3.63) is 59.2 Å². The van der Waals surface area contributed by atoms with Crippen molar-refractivity contribution in [2.45, 2.75) is 52.6 Å². The second-order valence-electron chi connectivity index (χ2n) is 8.49. The highest BCUT2D eigenvalue weighted by molar-refractivity contribution is 5.85. The number of carbonyl (C=O) groups is 1. The van der Waals surface area contributed by atoms with Gasteiger partial charge in [0.15, 0.2) is 0 Å². The predicted molar refractivity (Wildman–Crippen MR) is 115 cm³/mol. The quantitative estimate of drug-likeness (QED) is 0.462. The zero-order valence-electron chi connectivity index (χ0n) is 18.7. The van der Waals surface area contributed by atoms with E-state index in [1.165, 1.54) is 0 Å². The molecule has 1 aliphatic rings. The summed E-state index contributed by atoms with van der Waals surface area (Å²) in [4.78, 5) is 13.2. The molecule has 0 aliphatic carbocycles. The maximum absolute atomic E-state index is 13.2. The maximum atomic E-state index is 13.2. The average molecular weight is 480 g/mol. The van der Waals surface area contributed by atoms with Gasteiger partial charge in [-0.1, -0.05) is 36.4 Å². The molecule has 2 aromatic rings. The third kappa shape index (κ3) is 4.88. The monoisotopic (exact) mass is 479 g/mol. The van der Waals surface area contributed by atoms with Gasteiger partial charge >= 0.3 is 5.97 Å². The zero-order valence-corrected chi connectivity index (χ0v) is 20.3. The van der Waals surface area contributed by atoms with Crippen LogP contribution >= 0.6 is 0 Å². The van der Waals surface area contributed by atoms with E-state index in [1.54, 1.807) is 0 Å². The fraction of sp³-hybridized carbons (Fsp3) is 0.458. The number of rotatable bonds is 6. The number of esters is 1. The smallest absolute Gasteiger partial charge is 0.318 e. The van der Waals surface area contributed by atoms with Gasteiger partial charge in [-0.3, -0.25) is 4.79 Å². The lowest BCUT2D eigenvalue weighted by molar-refractivity contribution is -0.949. The number of nitrogens with zero attached hydrogens (tertiary/aromatic N) is 1. The number of hydrogen-bond donors (Lipinski definition) is 0. The van der Waals surface area contributed by atoms with E-state index in [-0.39, 0.29) is 28.4 Å². The van der Waals surface area contributed by atoms with Gasteiger partial charge < -0.3 is 36.4 Å². The summed E-state index contributed by atoms with van der Waals surface area (Å²) in [6, 6.07) is 14.6. The molecule has 1 unspecified atom stereocenters. The van der Waals surface area contributed by atoms with Crippen LogP contribution in [0.15, 0.2) is 42.5 Å². The van der Waals surface area contributed by atoms with Crippen LogP contribution in [0.3, 0.4) is 0 Å². The average Bonchev–Trinajstić information content (AvgIpc) is 2.66. The molecule has 0 saturated heterocycles. The molecule has 0 radical (unpaired) electrons. The van der Waals surface area contributed by atoms with Crippen LogP contribution < -0.4 is 21.7 Å². The molecule has 3 rings (SSSR count). The summed E-state index contributed by atoms with van der Waals surface area (Å²) in [5.74, 6) is 0.850. The van der Waals surface area contributed by atoms with Gasteiger partial charge in [0.2, 0.25) is 0 Å². The molecule has 5 nitrogen and oxygen atoms in total. The van der Waals surface area contributed by atoms with Gasteiger partial charge in [-0.2, -0.15) is 0 Å². The first-order valence-electron chi connectivity index (χ1n) is 10.1. The minimum atomic E-state index is -0.447. The Bertz CT molecular complexity index is 858. The van der Waals surface area contributed by atoms with Crippen LogP contribution in [-0.4, -0.2) is 48.2 Å². The Kier molecular flexibility index (Phi) is 9.08. The van der Waals surface area contributed by atoms with E-state index < -0.39 is 5.92 Å². The molecular formula is C24H34BrNO4. The first-order chi connectivity index (χ1) is 13.3. The Morgan fingerprint density at radius 1 is 1.03 bits per heavy atom. The van der Waals surface area contributed by atoms with E-state index in [4.69, 9.17) is 9.47 Å². The molecule has 0 fully saturated rings. The molecule has 2 aromatic carbocycles. The summed E-state index contributed by atoms with van der Waals surface area (Å²) in [5, 5.41) is 0. The Morgan fingerprint density at radius 2 is 1.63 bits per heavy atom. The van der Waals surface area contributed by atoms with Crippen molar-refractivity contribution >= 4 is 5.97 Å². The van der Waals surface area contributed by atoms with E-state index in [9.17, 15) is 4.79 Å². The topological polar surface area (TPSA) is 67.0 Å². The molecule has 30 heavy (non-hydrogen) atoms. The van der Waals surface area contributed by atoms with E-state index in [0.717, 1.165) is 39.2 Å². The molecule has 1 aliphatic heterocycles.